The second-order valence-electron chi connectivity index (χ2n) is 6.01. The van der Waals surface area contributed by atoms with Crippen LogP contribution in [0.5, 0.6) is 5.75 Å². The summed E-state index contributed by atoms with van der Waals surface area (Å²) in [6.07, 6.45) is 0.932. The summed E-state index contributed by atoms with van der Waals surface area (Å²) in [4.78, 5) is 16.1. The molecule has 2 aliphatic heterocycles. The lowest BCUT2D eigenvalue weighted by molar-refractivity contribution is 0.0765. The fourth-order valence-electron chi connectivity index (χ4n) is 3.10. The van der Waals surface area contributed by atoms with E-state index in [1.807, 2.05) is 24.3 Å². The summed E-state index contributed by atoms with van der Waals surface area (Å²) < 4.78 is 5.40. The van der Waals surface area contributed by atoms with Crippen LogP contribution in [0.4, 0.5) is 10.5 Å². The van der Waals surface area contributed by atoms with Gasteiger partial charge in [-0.25, -0.2) is 4.79 Å². The Morgan fingerprint density at radius 1 is 1.36 bits per heavy atom. The molecule has 2 amide bonds. The second kappa shape index (κ2) is 6.44. The van der Waals surface area contributed by atoms with E-state index in [2.05, 4.69) is 10.2 Å². The minimum Gasteiger partial charge on any atom is -0.495 e. The predicted molar refractivity (Wildman–Crippen MR) is 84.3 cm³/mol. The molecule has 0 spiro atoms. The molecule has 0 aromatic heterocycles. The van der Waals surface area contributed by atoms with Crippen molar-refractivity contribution in [2.24, 2.45) is 5.92 Å². The van der Waals surface area contributed by atoms with Gasteiger partial charge in [0.25, 0.3) is 0 Å². The lowest BCUT2D eigenvalue weighted by Crippen LogP contribution is -2.56. The number of carbonyl (C=O) groups is 1. The molecular weight excluding hydrogens is 282 g/mol. The van der Waals surface area contributed by atoms with Crippen LogP contribution in [0, 0.1) is 5.92 Å². The first-order chi connectivity index (χ1) is 10.7. The third-order valence-electron chi connectivity index (χ3n) is 4.44. The van der Waals surface area contributed by atoms with Gasteiger partial charge in [-0.1, -0.05) is 12.1 Å². The molecule has 6 nitrogen and oxygen atoms in total. The highest BCUT2D eigenvalue weighted by molar-refractivity contribution is 5.75. The second-order valence-corrected chi connectivity index (χ2v) is 6.01. The number of aliphatic hydroxyl groups excluding tert-OH is 1. The van der Waals surface area contributed by atoms with Gasteiger partial charge in [-0.05, 0) is 18.6 Å². The number of aliphatic hydroxyl groups is 1. The van der Waals surface area contributed by atoms with Crippen molar-refractivity contribution in [1.82, 2.24) is 10.2 Å². The Morgan fingerprint density at radius 3 is 2.86 bits per heavy atom. The lowest BCUT2D eigenvalue weighted by Gasteiger charge is -2.38. The first kappa shape index (κ1) is 15.0. The molecule has 2 N–H and O–H groups in total. The predicted octanol–water partition coefficient (Wildman–Crippen LogP) is 0.908. The fourth-order valence-corrected chi connectivity index (χ4v) is 3.10. The number of amides is 2. The third-order valence-corrected chi connectivity index (χ3v) is 4.44. The summed E-state index contributed by atoms with van der Waals surface area (Å²) in [5.74, 6) is 1.11. The SMILES string of the molecule is COc1ccccc1N1CCC(NC(=O)N2CC(CO)C2)C1. The maximum absolute atomic E-state index is 12.1. The quantitative estimate of drug-likeness (QED) is 0.868. The van der Waals surface area contributed by atoms with Crippen LogP contribution in [0.1, 0.15) is 6.42 Å². The van der Waals surface area contributed by atoms with E-state index in [0.29, 0.717) is 13.1 Å². The average Bonchev–Trinajstić information content (AvgIpc) is 2.94. The first-order valence-electron chi connectivity index (χ1n) is 7.75. The van der Waals surface area contributed by atoms with E-state index in [-0.39, 0.29) is 24.6 Å². The van der Waals surface area contributed by atoms with E-state index in [1.165, 1.54) is 0 Å². The number of nitrogens with one attached hydrogen (secondary N) is 1. The van der Waals surface area contributed by atoms with Gasteiger partial charge in [0.15, 0.2) is 0 Å². The topological polar surface area (TPSA) is 65.0 Å². The van der Waals surface area contributed by atoms with Gasteiger partial charge in [-0.15, -0.1) is 0 Å². The summed E-state index contributed by atoms with van der Waals surface area (Å²) in [5.41, 5.74) is 1.08. The molecule has 2 heterocycles. The van der Waals surface area contributed by atoms with Gasteiger partial charge in [0.2, 0.25) is 0 Å². The number of methoxy groups -OCH3 is 1. The third kappa shape index (κ3) is 2.97. The monoisotopic (exact) mass is 305 g/mol. The molecule has 1 atom stereocenters. The molecule has 2 fully saturated rings. The first-order valence-corrected chi connectivity index (χ1v) is 7.75. The van der Waals surface area contributed by atoms with Crippen molar-refractivity contribution in [1.29, 1.82) is 0 Å². The summed E-state index contributed by atoms with van der Waals surface area (Å²) in [5, 5.41) is 12.1. The van der Waals surface area contributed by atoms with Crippen LogP contribution in [0.3, 0.4) is 0 Å². The van der Waals surface area contributed by atoms with Crippen LogP contribution in [0.25, 0.3) is 0 Å². The number of hydrogen-bond acceptors (Lipinski definition) is 4. The number of urea groups is 1. The van der Waals surface area contributed by atoms with Crippen molar-refractivity contribution < 1.29 is 14.6 Å². The van der Waals surface area contributed by atoms with Crippen LogP contribution in [0.15, 0.2) is 24.3 Å². The molecule has 0 bridgehead atoms. The molecule has 120 valence electrons. The van der Waals surface area contributed by atoms with Gasteiger partial charge in [-0.2, -0.15) is 0 Å². The fraction of sp³-hybridized carbons (Fsp3) is 0.562. The zero-order valence-electron chi connectivity index (χ0n) is 12.9. The number of likely N-dealkylation sites (tertiary alicyclic amines) is 1. The average molecular weight is 305 g/mol. The standard InChI is InChI=1S/C16H23N3O3/c1-22-15-5-3-2-4-14(15)18-7-6-13(10-18)17-16(21)19-8-12(9-19)11-20/h2-5,12-13,20H,6-11H2,1H3,(H,17,21). The molecule has 1 unspecified atom stereocenters. The Bertz CT molecular complexity index is 531. The number of hydrogen-bond donors (Lipinski definition) is 2. The number of benzene rings is 1. The summed E-state index contributed by atoms with van der Waals surface area (Å²) in [6.45, 7) is 3.18. The Balaban J connectivity index is 1.53. The van der Waals surface area contributed by atoms with Crippen molar-refractivity contribution in [2.45, 2.75) is 12.5 Å². The summed E-state index contributed by atoms with van der Waals surface area (Å²) in [7, 11) is 1.68. The summed E-state index contributed by atoms with van der Waals surface area (Å²) >= 11 is 0. The normalized spacial score (nSPS) is 21.6. The van der Waals surface area contributed by atoms with E-state index in [0.717, 1.165) is 30.9 Å². The maximum Gasteiger partial charge on any atom is 0.317 e. The Labute approximate surface area is 130 Å². The van der Waals surface area contributed by atoms with Gasteiger partial charge < -0.3 is 25.0 Å². The molecule has 2 aliphatic rings. The smallest absolute Gasteiger partial charge is 0.317 e. The van der Waals surface area contributed by atoms with Gasteiger partial charge in [0.1, 0.15) is 5.75 Å². The highest BCUT2D eigenvalue weighted by Crippen LogP contribution is 2.30. The van der Waals surface area contributed by atoms with Crippen LogP contribution >= 0.6 is 0 Å². The molecule has 6 heteroatoms. The molecule has 22 heavy (non-hydrogen) atoms. The molecule has 0 aliphatic carbocycles. The van der Waals surface area contributed by atoms with E-state index >= 15 is 0 Å². The molecule has 3 rings (SSSR count). The van der Waals surface area contributed by atoms with Gasteiger partial charge in [0, 0.05) is 44.7 Å². The number of nitrogens with zero attached hydrogens (tertiary/aromatic N) is 2. The minimum atomic E-state index is -0.0171. The van der Waals surface area contributed by atoms with E-state index < -0.39 is 0 Å². The van der Waals surface area contributed by atoms with Crippen LogP contribution in [-0.2, 0) is 0 Å². The van der Waals surface area contributed by atoms with Crippen LogP contribution in [-0.4, -0.2) is 62.0 Å². The van der Waals surface area contributed by atoms with Crippen molar-refractivity contribution in [3.63, 3.8) is 0 Å². The highest BCUT2D eigenvalue weighted by Gasteiger charge is 2.32. The number of ether oxygens (including phenoxy) is 1. The maximum atomic E-state index is 12.1. The van der Waals surface area contributed by atoms with Crippen molar-refractivity contribution in [3.05, 3.63) is 24.3 Å². The number of carbonyl (C=O) groups excluding carboxylic acids is 1. The van der Waals surface area contributed by atoms with E-state index in [9.17, 15) is 4.79 Å². The zero-order chi connectivity index (χ0) is 15.5. The number of anilines is 1. The molecule has 0 saturated carbocycles. The van der Waals surface area contributed by atoms with Crippen molar-refractivity contribution in [3.8, 4) is 5.75 Å². The number of rotatable bonds is 4. The zero-order valence-corrected chi connectivity index (χ0v) is 12.9. The molecule has 1 aromatic rings. The van der Waals surface area contributed by atoms with Crippen molar-refractivity contribution in [2.75, 3.05) is 44.8 Å². The largest absolute Gasteiger partial charge is 0.495 e. The Morgan fingerprint density at radius 2 is 2.14 bits per heavy atom. The van der Waals surface area contributed by atoms with Gasteiger partial charge >= 0.3 is 6.03 Å². The van der Waals surface area contributed by atoms with E-state index in [4.69, 9.17) is 9.84 Å². The molecule has 0 radical (unpaired) electrons. The lowest BCUT2D eigenvalue weighted by atomic mass is 10.0. The van der Waals surface area contributed by atoms with Crippen molar-refractivity contribution >= 4 is 11.7 Å². The Kier molecular flexibility index (Phi) is 4.38. The number of para-hydroxylation sites is 2. The van der Waals surface area contributed by atoms with Gasteiger partial charge in [0.05, 0.1) is 12.8 Å². The minimum absolute atomic E-state index is 0.0171. The molecule has 1 aromatic carbocycles. The van der Waals surface area contributed by atoms with E-state index in [1.54, 1.807) is 12.0 Å². The van der Waals surface area contributed by atoms with Crippen LogP contribution < -0.4 is 15.0 Å². The summed E-state index contributed by atoms with van der Waals surface area (Å²) in [6, 6.07) is 8.10. The highest BCUT2D eigenvalue weighted by atomic mass is 16.5. The van der Waals surface area contributed by atoms with Crippen LogP contribution in [0.2, 0.25) is 0 Å². The Hall–Kier alpha value is -1.95. The van der Waals surface area contributed by atoms with Gasteiger partial charge in [-0.3, -0.25) is 0 Å². The molecule has 2 saturated heterocycles. The molecular formula is C16H23N3O3.